The molecule has 0 bridgehead atoms. The maximum atomic E-state index is 16.2. The predicted octanol–water partition coefficient (Wildman–Crippen LogP) is 12.8. The molecule has 0 aliphatic heterocycles. The number of benzene rings is 1. The number of alkyl halides is 3. The van der Waals surface area contributed by atoms with Crippen LogP contribution in [0.15, 0.2) is 27.9 Å². The average Bonchev–Trinajstić information content (AvgIpc) is 2.95. The van der Waals surface area contributed by atoms with E-state index in [1.165, 1.54) is 0 Å². The van der Waals surface area contributed by atoms with Crippen molar-refractivity contribution >= 4 is 40.3 Å². The molecule has 0 fully saturated rings. The number of ether oxygens (including phenoxy) is 1. The third kappa shape index (κ3) is 11.0. The van der Waals surface area contributed by atoms with Crippen LogP contribution in [-0.2, 0) is 0 Å². The molecule has 0 atom stereocenters. The minimum absolute atomic E-state index is 0.0979. The Morgan fingerprint density at radius 2 is 0.950 bits per heavy atom. The Hall–Kier alpha value is 0.147. The zero-order valence-corrected chi connectivity index (χ0v) is 32.8. The second-order valence-corrected chi connectivity index (χ2v) is 38.2. The molecule has 0 heterocycles. The molecule has 232 valence electrons. The van der Waals surface area contributed by atoms with E-state index in [-0.39, 0.29) is 3.59 Å². The fourth-order valence-electron chi connectivity index (χ4n) is 6.84. The van der Waals surface area contributed by atoms with Crippen molar-refractivity contribution in [3.8, 4) is 5.75 Å². The molecule has 0 unspecified atom stereocenters. The van der Waals surface area contributed by atoms with Crippen LogP contribution in [0.4, 0.5) is 13.2 Å². The van der Waals surface area contributed by atoms with Gasteiger partial charge in [0.05, 0.1) is 0 Å². The molecule has 1 aromatic rings. The number of hydrogen-bond acceptors (Lipinski definition) is 1. The van der Waals surface area contributed by atoms with Crippen LogP contribution >= 0.6 is 0 Å². The summed E-state index contributed by atoms with van der Waals surface area (Å²) in [5.74, 6) is 0.659. The Balaban J connectivity index is 4.48. The Bertz CT molecular complexity index is 806. The van der Waals surface area contributed by atoms with Crippen molar-refractivity contribution in [2.45, 2.75) is 151 Å². The summed E-state index contributed by atoms with van der Waals surface area (Å²) in [6.07, 6.45) is 7.75. The van der Waals surface area contributed by atoms with E-state index in [9.17, 15) is 0 Å². The SMILES string of the molecule is CCC[CH2][Sn]([CH2]CCC)([CH2]CCC)/[C](=[C](/C(F)(F)F)[Sn]([CH2]CCC)([CH2]CCC)[CH2]CCC)c1ccccc1OC. The van der Waals surface area contributed by atoms with Crippen molar-refractivity contribution in [3.63, 3.8) is 0 Å². The molecule has 6 heteroatoms. The molecule has 0 radical (unpaired) electrons. The summed E-state index contributed by atoms with van der Waals surface area (Å²) in [6, 6.07) is 7.81. The van der Waals surface area contributed by atoms with Gasteiger partial charge in [-0.3, -0.25) is 0 Å². The van der Waals surface area contributed by atoms with E-state index in [1.54, 1.807) is 7.11 Å². The average molecular weight is 780 g/mol. The molecule has 1 nitrogen and oxygen atoms in total. The molecule has 0 saturated heterocycles. The number of hydrogen-bond donors (Lipinski definition) is 0. The van der Waals surface area contributed by atoms with Gasteiger partial charge in [-0.05, 0) is 0 Å². The second-order valence-electron chi connectivity index (χ2n) is 12.1. The van der Waals surface area contributed by atoms with E-state index in [0.29, 0.717) is 5.75 Å². The van der Waals surface area contributed by atoms with Gasteiger partial charge in [-0.25, -0.2) is 0 Å². The number of allylic oxidation sites excluding steroid dienone is 1. The van der Waals surface area contributed by atoms with Crippen molar-refractivity contribution in [1.82, 2.24) is 0 Å². The molecular weight excluding hydrogens is 719 g/mol. The number of unbranched alkanes of at least 4 members (excludes halogenated alkanes) is 6. The van der Waals surface area contributed by atoms with Gasteiger partial charge in [-0.15, -0.1) is 0 Å². The summed E-state index contributed by atoms with van der Waals surface area (Å²) >= 11 is -7.53. The number of rotatable bonds is 22. The van der Waals surface area contributed by atoms with Crippen LogP contribution in [0.2, 0.25) is 26.6 Å². The van der Waals surface area contributed by atoms with Crippen LogP contribution in [-0.4, -0.2) is 50.0 Å². The molecule has 0 amide bonds. The molecule has 1 aromatic carbocycles. The van der Waals surface area contributed by atoms with Crippen molar-refractivity contribution in [3.05, 3.63) is 33.4 Å². The Labute approximate surface area is 254 Å². The van der Waals surface area contributed by atoms with Crippen molar-refractivity contribution in [2.75, 3.05) is 7.11 Å². The zero-order chi connectivity index (χ0) is 30.1. The van der Waals surface area contributed by atoms with Crippen LogP contribution in [0.3, 0.4) is 0 Å². The number of para-hydroxylation sites is 1. The van der Waals surface area contributed by atoms with E-state index >= 15 is 13.2 Å². The molecule has 1 rings (SSSR count). The Kier molecular flexibility index (Phi) is 19.2. The van der Waals surface area contributed by atoms with Gasteiger partial charge in [-0.1, -0.05) is 0 Å². The monoisotopic (exact) mass is 782 g/mol. The summed E-state index contributed by atoms with van der Waals surface area (Å²) < 4.78 is 61.0. The molecule has 0 saturated carbocycles. The van der Waals surface area contributed by atoms with Crippen molar-refractivity contribution < 1.29 is 17.9 Å². The Morgan fingerprint density at radius 1 is 0.600 bits per heavy atom. The van der Waals surface area contributed by atoms with Crippen LogP contribution in [0.25, 0.3) is 3.59 Å². The summed E-state index contributed by atoms with van der Waals surface area (Å²) in [6.45, 7) is 13.1. The van der Waals surface area contributed by atoms with Crippen LogP contribution in [0.1, 0.15) is 124 Å². The van der Waals surface area contributed by atoms with E-state index in [2.05, 4.69) is 41.5 Å². The van der Waals surface area contributed by atoms with E-state index in [1.807, 2.05) is 24.3 Å². The van der Waals surface area contributed by atoms with Crippen molar-refractivity contribution in [2.24, 2.45) is 0 Å². The van der Waals surface area contributed by atoms with Gasteiger partial charge >= 0.3 is 256 Å². The molecule has 0 aliphatic carbocycles. The summed E-state index contributed by atoms with van der Waals surface area (Å²) in [4.78, 5) is 0. The number of methoxy groups -OCH3 is 1. The first kappa shape index (κ1) is 38.2. The van der Waals surface area contributed by atoms with Gasteiger partial charge in [0.2, 0.25) is 0 Å². The first-order valence-corrected chi connectivity index (χ1v) is 31.6. The van der Waals surface area contributed by atoms with Gasteiger partial charge in [0.15, 0.2) is 0 Å². The van der Waals surface area contributed by atoms with E-state index in [0.717, 1.165) is 113 Å². The standard InChI is InChI=1S/C10H7F3O.6C4H9.2Sn/c1-14-9-5-3-2-4-8(9)6-7-10(11,12)13;6*1-3-4-2;;/h2-5H,1H3;6*1,3-4H2,2H3;;. The first-order valence-electron chi connectivity index (χ1n) is 16.6. The summed E-state index contributed by atoms with van der Waals surface area (Å²) in [5, 5.41) is 0. The fraction of sp³-hybridized carbons (Fsp3) is 0.765. The van der Waals surface area contributed by atoms with Crippen LogP contribution in [0, 0.1) is 0 Å². The van der Waals surface area contributed by atoms with Crippen LogP contribution in [0.5, 0.6) is 5.75 Å². The molecular formula is C34H61F3OSn2. The Morgan fingerprint density at radius 3 is 1.27 bits per heavy atom. The van der Waals surface area contributed by atoms with Gasteiger partial charge < -0.3 is 0 Å². The fourth-order valence-corrected chi connectivity index (χ4v) is 50.9. The third-order valence-electron chi connectivity index (χ3n) is 9.02. The summed E-state index contributed by atoms with van der Waals surface area (Å²) in [7, 11) is 1.65. The van der Waals surface area contributed by atoms with Crippen LogP contribution < -0.4 is 4.74 Å². The first-order chi connectivity index (χ1) is 19.2. The minimum atomic E-state index is -4.27. The van der Waals surface area contributed by atoms with Gasteiger partial charge in [0, 0.05) is 0 Å². The normalized spacial score (nSPS) is 13.4. The quantitative estimate of drug-likeness (QED) is 0.107. The molecule has 0 spiro atoms. The predicted molar refractivity (Wildman–Crippen MR) is 176 cm³/mol. The third-order valence-corrected chi connectivity index (χ3v) is 42.6. The zero-order valence-electron chi connectivity index (χ0n) is 27.1. The molecule has 40 heavy (non-hydrogen) atoms. The van der Waals surface area contributed by atoms with E-state index < -0.39 is 42.9 Å². The van der Waals surface area contributed by atoms with Gasteiger partial charge in [0.1, 0.15) is 0 Å². The molecule has 0 aromatic heterocycles. The second kappa shape index (κ2) is 20.2. The van der Waals surface area contributed by atoms with Gasteiger partial charge in [-0.2, -0.15) is 0 Å². The number of halogens is 3. The summed E-state index contributed by atoms with van der Waals surface area (Å²) in [5.41, 5.74) is 0.821. The van der Waals surface area contributed by atoms with Crippen molar-refractivity contribution in [1.29, 1.82) is 0 Å². The van der Waals surface area contributed by atoms with E-state index in [4.69, 9.17) is 4.74 Å². The van der Waals surface area contributed by atoms with Gasteiger partial charge in [0.25, 0.3) is 0 Å². The molecule has 0 N–H and O–H groups in total. The molecule has 0 aliphatic rings. The maximum absolute atomic E-state index is 16.2. The topological polar surface area (TPSA) is 9.23 Å².